The van der Waals surface area contributed by atoms with E-state index < -0.39 is 18.8 Å². The van der Waals surface area contributed by atoms with Crippen LogP contribution in [0.5, 0.6) is 0 Å². The van der Waals surface area contributed by atoms with E-state index in [-0.39, 0.29) is 12.0 Å². The van der Waals surface area contributed by atoms with E-state index in [9.17, 15) is 18.0 Å². The molecule has 0 spiro atoms. The van der Waals surface area contributed by atoms with Gasteiger partial charge >= 0.3 is 12.2 Å². The molecule has 136 valence electrons. The summed E-state index contributed by atoms with van der Waals surface area (Å²) in [6.45, 7) is 4.80. The maximum atomic E-state index is 12.8. The number of nitrogens with one attached hydrogen (secondary N) is 1. The van der Waals surface area contributed by atoms with Crippen molar-refractivity contribution in [3.8, 4) is 0 Å². The molecular weight excluding hydrogens is 349 g/mol. The van der Waals surface area contributed by atoms with Gasteiger partial charge in [-0.05, 0) is 45.5 Å². The summed E-state index contributed by atoms with van der Waals surface area (Å²) < 4.78 is 38.4. The fourth-order valence-corrected chi connectivity index (χ4v) is 2.93. The molecule has 2 rings (SSSR count). The van der Waals surface area contributed by atoms with Crippen molar-refractivity contribution in [2.45, 2.75) is 38.9 Å². The number of carbonyl (C=O) groups is 1. The molecule has 0 radical (unpaired) electrons. The first-order chi connectivity index (χ1) is 11.5. The standard InChI is InChI=1S/C18H21F3N2OS/c1-17(2,3)14-4-6-15(7-5-14)22-16(24)23(12-18(19,20)21)10-13-8-9-25-11-13/h4-9,11H,10,12H2,1-3H3,(H,22,24). The van der Waals surface area contributed by atoms with Crippen LogP contribution >= 0.6 is 11.3 Å². The number of amides is 2. The van der Waals surface area contributed by atoms with E-state index in [4.69, 9.17) is 0 Å². The third kappa shape index (κ3) is 6.08. The molecule has 0 unspecified atom stereocenters. The maximum absolute atomic E-state index is 12.8. The van der Waals surface area contributed by atoms with Crippen molar-refractivity contribution in [1.82, 2.24) is 4.90 Å². The van der Waals surface area contributed by atoms with Crippen molar-refractivity contribution in [2.75, 3.05) is 11.9 Å². The summed E-state index contributed by atoms with van der Waals surface area (Å²) in [6.07, 6.45) is -4.45. The SMILES string of the molecule is CC(C)(C)c1ccc(NC(=O)N(Cc2ccsc2)CC(F)(F)F)cc1. The maximum Gasteiger partial charge on any atom is 0.406 e. The Morgan fingerprint density at radius 2 is 1.76 bits per heavy atom. The molecule has 1 N–H and O–H groups in total. The Morgan fingerprint density at radius 3 is 2.24 bits per heavy atom. The smallest absolute Gasteiger partial charge is 0.311 e. The van der Waals surface area contributed by atoms with Crippen LogP contribution in [0.25, 0.3) is 0 Å². The van der Waals surface area contributed by atoms with E-state index in [1.165, 1.54) is 11.3 Å². The average molecular weight is 370 g/mol. The van der Waals surface area contributed by atoms with Crippen LogP contribution in [0.3, 0.4) is 0 Å². The van der Waals surface area contributed by atoms with Gasteiger partial charge in [0, 0.05) is 12.2 Å². The fraction of sp³-hybridized carbons (Fsp3) is 0.389. The van der Waals surface area contributed by atoms with Crippen molar-refractivity contribution >= 4 is 23.1 Å². The summed E-state index contributed by atoms with van der Waals surface area (Å²) in [5.74, 6) is 0. The number of anilines is 1. The molecule has 0 bridgehead atoms. The van der Waals surface area contributed by atoms with Gasteiger partial charge in [0.2, 0.25) is 0 Å². The summed E-state index contributed by atoms with van der Waals surface area (Å²) in [7, 11) is 0. The summed E-state index contributed by atoms with van der Waals surface area (Å²) in [5.41, 5.74) is 2.18. The fourth-order valence-electron chi connectivity index (χ4n) is 2.28. The van der Waals surface area contributed by atoms with Gasteiger partial charge in [-0.2, -0.15) is 24.5 Å². The van der Waals surface area contributed by atoms with Gasteiger partial charge in [-0.15, -0.1) is 0 Å². The van der Waals surface area contributed by atoms with Crippen LogP contribution in [0.2, 0.25) is 0 Å². The second-order valence-electron chi connectivity index (χ2n) is 6.86. The Balaban J connectivity index is 2.10. The Bertz CT molecular complexity index is 689. The number of rotatable bonds is 4. The molecule has 0 saturated carbocycles. The van der Waals surface area contributed by atoms with Crippen LogP contribution < -0.4 is 5.32 Å². The Labute approximate surface area is 149 Å². The molecule has 0 aliphatic rings. The van der Waals surface area contributed by atoms with Crippen molar-refractivity contribution in [1.29, 1.82) is 0 Å². The van der Waals surface area contributed by atoms with E-state index in [1.807, 2.05) is 12.1 Å². The zero-order chi connectivity index (χ0) is 18.7. The van der Waals surface area contributed by atoms with Crippen LogP contribution in [0.1, 0.15) is 31.9 Å². The normalized spacial score (nSPS) is 12.1. The number of hydrogen-bond acceptors (Lipinski definition) is 2. The number of thiophene rings is 1. The number of nitrogens with zero attached hydrogens (tertiary/aromatic N) is 1. The lowest BCUT2D eigenvalue weighted by Crippen LogP contribution is -2.40. The highest BCUT2D eigenvalue weighted by Crippen LogP contribution is 2.24. The first kappa shape index (κ1) is 19.3. The Kier molecular flexibility index (Phi) is 5.77. The van der Waals surface area contributed by atoms with Gasteiger partial charge in [0.15, 0.2) is 0 Å². The van der Waals surface area contributed by atoms with Crippen molar-refractivity contribution < 1.29 is 18.0 Å². The second kappa shape index (κ2) is 7.47. The topological polar surface area (TPSA) is 32.3 Å². The summed E-state index contributed by atoms with van der Waals surface area (Å²) in [6, 6.07) is 8.07. The van der Waals surface area contributed by atoms with Crippen LogP contribution in [-0.2, 0) is 12.0 Å². The van der Waals surface area contributed by atoms with Gasteiger partial charge < -0.3 is 10.2 Å². The number of benzene rings is 1. The minimum absolute atomic E-state index is 0.0379. The van der Waals surface area contributed by atoms with Crippen molar-refractivity contribution in [3.05, 3.63) is 52.2 Å². The zero-order valence-corrected chi connectivity index (χ0v) is 15.2. The van der Waals surface area contributed by atoms with Crippen molar-refractivity contribution in [2.24, 2.45) is 0 Å². The predicted molar refractivity (Wildman–Crippen MR) is 94.9 cm³/mol. The predicted octanol–water partition coefficient (Wildman–Crippen LogP) is 5.64. The van der Waals surface area contributed by atoms with E-state index in [1.54, 1.807) is 29.0 Å². The number of alkyl halides is 3. The molecule has 2 amide bonds. The first-order valence-electron chi connectivity index (χ1n) is 7.79. The van der Waals surface area contributed by atoms with Gasteiger partial charge in [0.25, 0.3) is 0 Å². The van der Waals surface area contributed by atoms with Gasteiger partial charge in [-0.3, -0.25) is 0 Å². The molecule has 25 heavy (non-hydrogen) atoms. The highest BCUT2D eigenvalue weighted by Gasteiger charge is 2.33. The Morgan fingerprint density at radius 1 is 1.12 bits per heavy atom. The molecule has 0 fully saturated rings. The number of urea groups is 1. The highest BCUT2D eigenvalue weighted by molar-refractivity contribution is 7.07. The summed E-state index contributed by atoms with van der Waals surface area (Å²) in [4.78, 5) is 13.1. The second-order valence-corrected chi connectivity index (χ2v) is 7.64. The first-order valence-corrected chi connectivity index (χ1v) is 8.73. The number of hydrogen-bond donors (Lipinski definition) is 1. The summed E-state index contributed by atoms with van der Waals surface area (Å²) in [5, 5.41) is 6.05. The van der Waals surface area contributed by atoms with Gasteiger partial charge in [-0.1, -0.05) is 32.9 Å². The lowest BCUT2D eigenvalue weighted by atomic mass is 9.87. The molecule has 0 atom stereocenters. The number of halogens is 3. The zero-order valence-electron chi connectivity index (χ0n) is 14.4. The van der Waals surface area contributed by atoms with E-state index in [0.29, 0.717) is 11.3 Å². The third-order valence-corrected chi connectivity index (χ3v) is 4.35. The van der Waals surface area contributed by atoms with Crippen molar-refractivity contribution in [3.63, 3.8) is 0 Å². The molecule has 2 aromatic rings. The molecule has 3 nitrogen and oxygen atoms in total. The molecule has 0 saturated heterocycles. The molecule has 7 heteroatoms. The minimum Gasteiger partial charge on any atom is -0.311 e. The van der Waals surface area contributed by atoms with Gasteiger partial charge in [0.05, 0.1) is 0 Å². The summed E-state index contributed by atoms with van der Waals surface area (Å²) >= 11 is 1.38. The molecule has 0 aliphatic carbocycles. The van der Waals surface area contributed by atoms with Gasteiger partial charge in [-0.25, -0.2) is 4.79 Å². The van der Waals surface area contributed by atoms with Crippen LogP contribution in [0.15, 0.2) is 41.1 Å². The quantitative estimate of drug-likeness (QED) is 0.742. The van der Waals surface area contributed by atoms with E-state index in [2.05, 4.69) is 26.1 Å². The molecule has 1 aromatic heterocycles. The van der Waals surface area contributed by atoms with E-state index in [0.717, 1.165) is 10.5 Å². The molecule has 0 aliphatic heterocycles. The minimum atomic E-state index is -4.45. The van der Waals surface area contributed by atoms with Crippen LogP contribution in [0, 0.1) is 0 Å². The number of carbonyl (C=O) groups excluding carboxylic acids is 1. The van der Waals surface area contributed by atoms with E-state index >= 15 is 0 Å². The lowest BCUT2D eigenvalue weighted by molar-refractivity contribution is -0.140. The molecule has 1 heterocycles. The average Bonchev–Trinajstić information content (AvgIpc) is 2.98. The third-order valence-electron chi connectivity index (χ3n) is 3.61. The largest absolute Gasteiger partial charge is 0.406 e. The highest BCUT2D eigenvalue weighted by atomic mass is 32.1. The van der Waals surface area contributed by atoms with Crippen LogP contribution in [-0.4, -0.2) is 23.7 Å². The lowest BCUT2D eigenvalue weighted by Gasteiger charge is -2.24. The molecular formula is C18H21F3N2OS. The van der Waals surface area contributed by atoms with Gasteiger partial charge in [0.1, 0.15) is 6.54 Å². The monoisotopic (exact) mass is 370 g/mol. The molecule has 1 aromatic carbocycles. The van der Waals surface area contributed by atoms with Crippen LogP contribution in [0.4, 0.5) is 23.7 Å². The Hall–Kier alpha value is -2.02.